The average Bonchev–Trinajstić information content (AvgIpc) is 2.19. The lowest BCUT2D eigenvalue weighted by Gasteiger charge is -2.23. The number of halogens is 2. The third-order valence-electron chi connectivity index (χ3n) is 2.47. The predicted octanol–water partition coefficient (Wildman–Crippen LogP) is 1.44. The normalized spacial score (nSPS) is 12.8. The van der Waals surface area contributed by atoms with Crippen molar-refractivity contribution < 1.29 is 13.6 Å². The molecule has 3 nitrogen and oxygen atoms in total. The number of nitrogens with two attached hydrogens (primary N) is 1. The van der Waals surface area contributed by atoms with Crippen LogP contribution in [0.4, 0.5) is 8.78 Å². The highest BCUT2D eigenvalue weighted by Gasteiger charge is 2.17. The summed E-state index contributed by atoms with van der Waals surface area (Å²) in [6.07, 6.45) is 0. The van der Waals surface area contributed by atoms with Crippen molar-refractivity contribution in [1.82, 2.24) is 4.90 Å². The topological polar surface area (TPSA) is 46.3 Å². The van der Waals surface area contributed by atoms with Gasteiger partial charge in [-0.25, -0.2) is 8.78 Å². The van der Waals surface area contributed by atoms with Crippen molar-refractivity contribution in [3.05, 3.63) is 35.4 Å². The smallest absolute Gasteiger partial charge is 0.231 e. The first-order valence-electron chi connectivity index (χ1n) is 4.85. The first kappa shape index (κ1) is 12.6. The van der Waals surface area contributed by atoms with Crippen LogP contribution in [-0.4, -0.2) is 24.4 Å². The fourth-order valence-corrected chi connectivity index (χ4v) is 1.45. The molecule has 0 spiro atoms. The Kier molecular flexibility index (Phi) is 3.95. The van der Waals surface area contributed by atoms with Gasteiger partial charge in [0, 0.05) is 11.6 Å². The zero-order valence-electron chi connectivity index (χ0n) is 9.21. The molecule has 0 saturated heterocycles. The van der Waals surface area contributed by atoms with Crippen LogP contribution in [0.3, 0.4) is 0 Å². The number of nitrogens with zero attached hydrogens (tertiary/aromatic N) is 1. The fourth-order valence-electron chi connectivity index (χ4n) is 1.45. The van der Waals surface area contributed by atoms with Crippen LogP contribution in [0.25, 0.3) is 0 Å². The minimum atomic E-state index is -0.508. The van der Waals surface area contributed by atoms with Crippen molar-refractivity contribution >= 4 is 5.91 Å². The van der Waals surface area contributed by atoms with E-state index in [1.807, 2.05) is 0 Å². The van der Waals surface area contributed by atoms with E-state index in [1.165, 1.54) is 0 Å². The van der Waals surface area contributed by atoms with Gasteiger partial charge in [-0.3, -0.25) is 9.69 Å². The lowest BCUT2D eigenvalue weighted by atomic mass is 10.1. The number of amides is 1. The Morgan fingerprint density at radius 2 is 2.12 bits per heavy atom. The minimum Gasteiger partial charge on any atom is -0.369 e. The molecule has 1 atom stereocenters. The first-order valence-corrected chi connectivity index (χ1v) is 4.85. The number of carbonyl (C=O) groups excluding carboxylic acids is 1. The van der Waals surface area contributed by atoms with E-state index in [2.05, 4.69) is 0 Å². The Balaban J connectivity index is 2.90. The molecule has 1 amide bonds. The molecule has 1 rings (SSSR count). The van der Waals surface area contributed by atoms with Gasteiger partial charge in [-0.05, 0) is 32.2 Å². The van der Waals surface area contributed by atoms with Crippen LogP contribution in [0.1, 0.15) is 18.5 Å². The average molecular weight is 228 g/mol. The van der Waals surface area contributed by atoms with Gasteiger partial charge in [0.25, 0.3) is 0 Å². The van der Waals surface area contributed by atoms with Gasteiger partial charge >= 0.3 is 0 Å². The summed E-state index contributed by atoms with van der Waals surface area (Å²) in [6, 6.07) is 2.83. The van der Waals surface area contributed by atoms with Crippen molar-refractivity contribution in [2.45, 2.75) is 13.0 Å². The Hall–Kier alpha value is -1.49. The maximum atomic E-state index is 13.4. The van der Waals surface area contributed by atoms with Gasteiger partial charge in [0.1, 0.15) is 11.6 Å². The van der Waals surface area contributed by atoms with E-state index >= 15 is 0 Å². The van der Waals surface area contributed by atoms with E-state index in [0.29, 0.717) is 0 Å². The standard InChI is InChI=1S/C11H14F2N2O/c1-7(15(2)6-11(14)16)9-5-8(12)3-4-10(9)13/h3-5,7H,6H2,1-2H3,(H2,14,16)/t7-/m0/s1. The fraction of sp³-hybridized carbons (Fsp3) is 0.364. The highest BCUT2D eigenvalue weighted by atomic mass is 19.1. The second-order valence-corrected chi connectivity index (χ2v) is 3.72. The van der Waals surface area contributed by atoms with Crippen molar-refractivity contribution in [3.63, 3.8) is 0 Å². The number of hydrogen-bond donors (Lipinski definition) is 1. The van der Waals surface area contributed by atoms with Gasteiger partial charge in [0.05, 0.1) is 6.54 Å². The molecule has 5 heteroatoms. The van der Waals surface area contributed by atoms with Crippen LogP contribution in [0.2, 0.25) is 0 Å². The van der Waals surface area contributed by atoms with Crippen LogP contribution in [0, 0.1) is 11.6 Å². The highest BCUT2D eigenvalue weighted by Crippen LogP contribution is 2.22. The molecule has 1 aromatic carbocycles. The summed E-state index contributed by atoms with van der Waals surface area (Å²) < 4.78 is 26.4. The zero-order chi connectivity index (χ0) is 12.3. The first-order chi connectivity index (χ1) is 7.41. The van der Waals surface area contributed by atoms with Crippen LogP contribution >= 0.6 is 0 Å². The van der Waals surface area contributed by atoms with Crippen LogP contribution in [-0.2, 0) is 4.79 Å². The van der Waals surface area contributed by atoms with E-state index < -0.39 is 23.6 Å². The second-order valence-electron chi connectivity index (χ2n) is 3.72. The quantitative estimate of drug-likeness (QED) is 0.847. The molecule has 0 fully saturated rings. The van der Waals surface area contributed by atoms with Gasteiger partial charge in [-0.1, -0.05) is 0 Å². The molecule has 0 heterocycles. The van der Waals surface area contributed by atoms with Crippen molar-refractivity contribution in [2.75, 3.05) is 13.6 Å². The molecule has 0 aliphatic heterocycles. The monoisotopic (exact) mass is 228 g/mol. The molecular formula is C11H14F2N2O. The maximum Gasteiger partial charge on any atom is 0.231 e. The highest BCUT2D eigenvalue weighted by molar-refractivity contribution is 5.75. The number of benzene rings is 1. The molecule has 0 aliphatic rings. The molecule has 2 N–H and O–H groups in total. The predicted molar refractivity (Wildman–Crippen MR) is 56.6 cm³/mol. The third kappa shape index (κ3) is 3.00. The molecule has 16 heavy (non-hydrogen) atoms. The number of primary amides is 1. The molecular weight excluding hydrogens is 214 g/mol. The zero-order valence-corrected chi connectivity index (χ0v) is 9.21. The van der Waals surface area contributed by atoms with Gasteiger partial charge in [-0.15, -0.1) is 0 Å². The van der Waals surface area contributed by atoms with E-state index in [0.717, 1.165) is 18.2 Å². The summed E-state index contributed by atoms with van der Waals surface area (Å²) in [5.41, 5.74) is 5.24. The summed E-state index contributed by atoms with van der Waals surface area (Å²) in [7, 11) is 1.62. The molecule has 0 unspecified atom stereocenters. The molecule has 0 aromatic heterocycles. The molecule has 1 aromatic rings. The molecule has 0 radical (unpaired) electrons. The summed E-state index contributed by atoms with van der Waals surface area (Å²) in [6.45, 7) is 1.68. The summed E-state index contributed by atoms with van der Waals surface area (Å²) in [5, 5.41) is 0. The summed E-state index contributed by atoms with van der Waals surface area (Å²) >= 11 is 0. The van der Waals surface area contributed by atoms with Gasteiger partial charge < -0.3 is 5.73 Å². The van der Waals surface area contributed by atoms with Gasteiger partial charge in [0.2, 0.25) is 5.91 Å². The molecule has 0 saturated carbocycles. The van der Waals surface area contributed by atoms with Crippen LogP contribution in [0.15, 0.2) is 18.2 Å². The lowest BCUT2D eigenvalue weighted by molar-refractivity contribution is -0.119. The Labute approximate surface area is 92.8 Å². The molecule has 0 bridgehead atoms. The molecule has 0 aliphatic carbocycles. The Morgan fingerprint density at radius 1 is 1.50 bits per heavy atom. The largest absolute Gasteiger partial charge is 0.369 e. The maximum absolute atomic E-state index is 13.4. The van der Waals surface area contributed by atoms with E-state index in [9.17, 15) is 13.6 Å². The number of hydrogen-bond acceptors (Lipinski definition) is 2. The van der Waals surface area contributed by atoms with E-state index in [-0.39, 0.29) is 12.1 Å². The summed E-state index contributed by atoms with van der Waals surface area (Å²) in [4.78, 5) is 12.3. The van der Waals surface area contributed by atoms with Gasteiger partial charge in [0.15, 0.2) is 0 Å². The van der Waals surface area contributed by atoms with Crippen molar-refractivity contribution in [1.29, 1.82) is 0 Å². The SMILES string of the molecule is C[C@@H](c1cc(F)ccc1F)N(C)CC(N)=O. The van der Waals surface area contributed by atoms with Gasteiger partial charge in [-0.2, -0.15) is 0 Å². The second kappa shape index (κ2) is 5.03. The number of rotatable bonds is 4. The third-order valence-corrected chi connectivity index (χ3v) is 2.47. The van der Waals surface area contributed by atoms with Crippen LogP contribution in [0.5, 0.6) is 0 Å². The van der Waals surface area contributed by atoms with Crippen molar-refractivity contribution in [2.24, 2.45) is 5.73 Å². The van der Waals surface area contributed by atoms with Crippen molar-refractivity contribution in [3.8, 4) is 0 Å². The minimum absolute atomic E-state index is 0.00286. The Morgan fingerprint density at radius 3 is 2.69 bits per heavy atom. The summed E-state index contributed by atoms with van der Waals surface area (Å²) in [5.74, 6) is -1.51. The Bertz CT molecular complexity index is 396. The van der Waals surface area contributed by atoms with Crippen LogP contribution < -0.4 is 5.73 Å². The van der Waals surface area contributed by atoms with E-state index in [1.54, 1.807) is 18.9 Å². The van der Waals surface area contributed by atoms with E-state index in [4.69, 9.17) is 5.73 Å². The lowest BCUT2D eigenvalue weighted by Crippen LogP contribution is -2.33. The number of likely N-dealkylation sites (N-methyl/N-ethyl adjacent to an activating group) is 1. The molecule has 88 valence electrons. The number of carbonyl (C=O) groups is 1.